The molecule has 0 aliphatic heterocycles. The number of hydrogen-bond donors (Lipinski definition) is 2. The average Bonchev–Trinajstić information content (AvgIpc) is 2.83. The Morgan fingerprint density at radius 3 is 2.74 bits per heavy atom. The lowest BCUT2D eigenvalue weighted by Gasteiger charge is -2.20. The SMILES string of the molecule is C=CCOc1ccc2c(C(C)(C)C)c(C(N)=NC(=O)O)sc2c1. The van der Waals surface area contributed by atoms with Crippen molar-refractivity contribution in [2.45, 2.75) is 26.2 Å². The van der Waals surface area contributed by atoms with Gasteiger partial charge in [-0.15, -0.1) is 11.3 Å². The highest BCUT2D eigenvalue weighted by molar-refractivity contribution is 7.21. The van der Waals surface area contributed by atoms with Crippen molar-refractivity contribution in [2.24, 2.45) is 10.7 Å². The van der Waals surface area contributed by atoms with Gasteiger partial charge >= 0.3 is 6.09 Å². The zero-order valence-corrected chi connectivity index (χ0v) is 14.2. The van der Waals surface area contributed by atoms with E-state index >= 15 is 0 Å². The maximum absolute atomic E-state index is 10.8. The van der Waals surface area contributed by atoms with Crippen LogP contribution in [0.3, 0.4) is 0 Å². The lowest BCUT2D eigenvalue weighted by molar-refractivity contribution is 0.205. The summed E-state index contributed by atoms with van der Waals surface area (Å²) in [5.74, 6) is 0.761. The highest BCUT2D eigenvalue weighted by Gasteiger charge is 2.26. The number of nitrogens with two attached hydrogens (primary N) is 1. The fourth-order valence-corrected chi connectivity index (χ4v) is 3.74. The number of nitrogens with zero attached hydrogens (tertiary/aromatic N) is 1. The summed E-state index contributed by atoms with van der Waals surface area (Å²) in [5, 5.41) is 9.90. The van der Waals surface area contributed by atoms with E-state index in [9.17, 15) is 4.79 Å². The second-order valence-corrected chi connectivity index (χ2v) is 7.15. The first-order chi connectivity index (χ1) is 10.7. The van der Waals surface area contributed by atoms with E-state index in [0.717, 1.165) is 21.4 Å². The molecule has 3 N–H and O–H groups in total. The number of fused-ring (bicyclic) bond motifs is 1. The average molecular weight is 332 g/mol. The number of hydrogen-bond acceptors (Lipinski definition) is 3. The molecule has 2 aromatic rings. The fraction of sp³-hybridized carbons (Fsp3) is 0.294. The van der Waals surface area contributed by atoms with Crippen LogP contribution >= 0.6 is 11.3 Å². The molecule has 1 aromatic carbocycles. The molecule has 23 heavy (non-hydrogen) atoms. The molecule has 1 aromatic heterocycles. The van der Waals surface area contributed by atoms with E-state index in [1.165, 1.54) is 11.3 Å². The largest absolute Gasteiger partial charge is 0.490 e. The van der Waals surface area contributed by atoms with Crippen molar-refractivity contribution >= 4 is 33.4 Å². The van der Waals surface area contributed by atoms with Crippen LogP contribution in [0.4, 0.5) is 4.79 Å². The summed E-state index contributed by atoms with van der Waals surface area (Å²) < 4.78 is 6.54. The number of carboxylic acid groups (broad SMARTS) is 1. The van der Waals surface area contributed by atoms with Gasteiger partial charge < -0.3 is 15.6 Å². The van der Waals surface area contributed by atoms with Gasteiger partial charge in [-0.2, -0.15) is 4.99 Å². The zero-order chi connectivity index (χ0) is 17.2. The van der Waals surface area contributed by atoms with Gasteiger partial charge in [0.1, 0.15) is 18.2 Å². The molecule has 6 heteroatoms. The van der Waals surface area contributed by atoms with Crippen LogP contribution < -0.4 is 10.5 Å². The molecule has 0 aliphatic carbocycles. The Labute approximate surface area is 139 Å². The van der Waals surface area contributed by atoms with Gasteiger partial charge in [0.2, 0.25) is 0 Å². The van der Waals surface area contributed by atoms with Crippen molar-refractivity contribution in [1.29, 1.82) is 0 Å². The first kappa shape index (κ1) is 17.0. The lowest BCUT2D eigenvalue weighted by Crippen LogP contribution is -2.20. The molecule has 5 nitrogen and oxygen atoms in total. The highest BCUT2D eigenvalue weighted by atomic mass is 32.1. The Kier molecular flexibility index (Phi) is 4.75. The topological polar surface area (TPSA) is 84.9 Å². The number of amides is 1. The number of rotatable bonds is 4. The van der Waals surface area contributed by atoms with Gasteiger partial charge in [-0.25, -0.2) is 4.79 Å². The summed E-state index contributed by atoms with van der Waals surface area (Å²) in [7, 11) is 0. The Morgan fingerprint density at radius 2 is 2.17 bits per heavy atom. The highest BCUT2D eigenvalue weighted by Crippen LogP contribution is 2.40. The standard InChI is InChI=1S/C17H20N2O3S/c1-5-8-22-10-6-7-11-12(9-10)23-14(13(11)17(2,3)4)15(18)19-16(20)21/h5-7,9H,1,8H2,2-4H3,(H2,18,19)(H,20,21). The van der Waals surface area contributed by atoms with Crippen molar-refractivity contribution in [2.75, 3.05) is 6.61 Å². The number of aliphatic imine (C=N–C) groups is 1. The molecule has 0 aliphatic rings. The van der Waals surface area contributed by atoms with E-state index in [0.29, 0.717) is 11.5 Å². The number of amidine groups is 1. The molecular formula is C17H20N2O3S. The normalized spacial score (nSPS) is 12.4. The molecular weight excluding hydrogens is 312 g/mol. The third kappa shape index (κ3) is 3.71. The monoisotopic (exact) mass is 332 g/mol. The summed E-state index contributed by atoms with van der Waals surface area (Å²) in [6.45, 7) is 10.2. The van der Waals surface area contributed by atoms with E-state index in [-0.39, 0.29) is 11.3 Å². The minimum atomic E-state index is -1.30. The van der Waals surface area contributed by atoms with Gasteiger partial charge in [0.25, 0.3) is 0 Å². The van der Waals surface area contributed by atoms with E-state index < -0.39 is 6.09 Å². The van der Waals surface area contributed by atoms with Crippen molar-refractivity contribution in [3.8, 4) is 5.75 Å². The second kappa shape index (κ2) is 6.42. The van der Waals surface area contributed by atoms with E-state index in [4.69, 9.17) is 15.6 Å². The molecule has 0 unspecified atom stereocenters. The van der Waals surface area contributed by atoms with Crippen LogP contribution in [0.1, 0.15) is 31.2 Å². The van der Waals surface area contributed by atoms with Crippen LogP contribution in [0.15, 0.2) is 35.8 Å². The Balaban J connectivity index is 2.66. The third-order valence-corrected chi connectivity index (χ3v) is 4.40. The first-order valence-electron chi connectivity index (χ1n) is 7.12. The van der Waals surface area contributed by atoms with Crippen LogP contribution in [-0.4, -0.2) is 23.6 Å². The minimum Gasteiger partial charge on any atom is -0.490 e. The maximum atomic E-state index is 10.8. The summed E-state index contributed by atoms with van der Waals surface area (Å²) in [5.41, 5.74) is 6.71. The van der Waals surface area contributed by atoms with Crippen LogP contribution in [0.5, 0.6) is 5.75 Å². The Hall–Kier alpha value is -2.34. The summed E-state index contributed by atoms with van der Waals surface area (Å²) in [4.78, 5) is 15.0. The van der Waals surface area contributed by atoms with Crippen molar-refractivity contribution in [3.63, 3.8) is 0 Å². The molecule has 0 saturated heterocycles. The summed E-state index contributed by atoms with van der Waals surface area (Å²) in [6.07, 6.45) is 0.386. The number of carbonyl (C=O) groups is 1. The van der Waals surface area contributed by atoms with Crippen molar-refractivity contribution < 1.29 is 14.6 Å². The second-order valence-electron chi connectivity index (χ2n) is 6.09. The predicted molar refractivity (Wildman–Crippen MR) is 95.0 cm³/mol. The van der Waals surface area contributed by atoms with Crippen LogP contribution in [-0.2, 0) is 5.41 Å². The molecule has 0 bridgehead atoms. The zero-order valence-electron chi connectivity index (χ0n) is 13.4. The van der Waals surface area contributed by atoms with E-state index in [1.807, 2.05) is 18.2 Å². The van der Waals surface area contributed by atoms with Gasteiger partial charge in [-0.05, 0) is 34.6 Å². The molecule has 1 heterocycles. The van der Waals surface area contributed by atoms with E-state index in [1.54, 1.807) is 6.08 Å². The van der Waals surface area contributed by atoms with Gasteiger partial charge in [-0.1, -0.05) is 33.4 Å². The summed E-state index contributed by atoms with van der Waals surface area (Å²) in [6, 6.07) is 5.79. The first-order valence-corrected chi connectivity index (χ1v) is 7.94. The quantitative estimate of drug-likeness (QED) is 0.500. The molecule has 1 amide bonds. The molecule has 0 fully saturated rings. The predicted octanol–water partition coefficient (Wildman–Crippen LogP) is 4.15. The fourth-order valence-electron chi connectivity index (χ4n) is 2.40. The summed E-state index contributed by atoms with van der Waals surface area (Å²) >= 11 is 1.42. The van der Waals surface area contributed by atoms with Gasteiger partial charge in [-0.3, -0.25) is 0 Å². The maximum Gasteiger partial charge on any atom is 0.433 e. The van der Waals surface area contributed by atoms with Crippen LogP contribution in [0.25, 0.3) is 10.1 Å². The molecule has 0 atom stereocenters. The molecule has 122 valence electrons. The van der Waals surface area contributed by atoms with Crippen molar-refractivity contribution in [1.82, 2.24) is 0 Å². The Morgan fingerprint density at radius 1 is 1.48 bits per heavy atom. The lowest BCUT2D eigenvalue weighted by atomic mass is 9.84. The number of ether oxygens (including phenoxy) is 1. The molecule has 2 rings (SSSR count). The van der Waals surface area contributed by atoms with Crippen molar-refractivity contribution in [3.05, 3.63) is 41.3 Å². The Bertz CT molecular complexity index is 785. The number of benzene rings is 1. The smallest absolute Gasteiger partial charge is 0.433 e. The van der Waals surface area contributed by atoms with Crippen LogP contribution in [0, 0.1) is 0 Å². The van der Waals surface area contributed by atoms with Crippen LogP contribution in [0.2, 0.25) is 0 Å². The number of thiophene rings is 1. The minimum absolute atomic E-state index is 0.0252. The third-order valence-electron chi connectivity index (χ3n) is 3.23. The van der Waals surface area contributed by atoms with Gasteiger partial charge in [0.05, 0.1) is 4.88 Å². The van der Waals surface area contributed by atoms with E-state index in [2.05, 4.69) is 32.3 Å². The molecule has 0 radical (unpaired) electrons. The molecule has 0 saturated carbocycles. The molecule has 0 spiro atoms. The van der Waals surface area contributed by atoms with Gasteiger partial charge in [0, 0.05) is 4.70 Å². The van der Waals surface area contributed by atoms with Gasteiger partial charge in [0.15, 0.2) is 0 Å².